The summed E-state index contributed by atoms with van der Waals surface area (Å²) in [4.78, 5) is 15.3. The Morgan fingerprint density at radius 1 is 0.844 bits per heavy atom. The van der Waals surface area contributed by atoms with Crippen molar-refractivity contribution in [1.29, 1.82) is 0 Å². The van der Waals surface area contributed by atoms with Gasteiger partial charge in [-0.3, -0.25) is 4.98 Å². The number of hydrogen-bond donors (Lipinski definition) is 2. The van der Waals surface area contributed by atoms with Gasteiger partial charge in [0.2, 0.25) is 0 Å². The van der Waals surface area contributed by atoms with Crippen molar-refractivity contribution in [2.75, 3.05) is 10.6 Å². The van der Waals surface area contributed by atoms with Gasteiger partial charge in [-0.1, -0.05) is 6.07 Å². The molecule has 0 saturated heterocycles. The summed E-state index contributed by atoms with van der Waals surface area (Å²) < 4.78 is 78.1. The van der Waals surface area contributed by atoms with Gasteiger partial charge in [0.1, 0.15) is 28.7 Å². The Kier molecular flexibility index (Phi) is 5.18. The van der Waals surface area contributed by atoms with Crippen molar-refractivity contribution in [1.82, 2.24) is 19.9 Å². The maximum Gasteiger partial charge on any atom is 0.433 e. The topological polar surface area (TPSA) is 75.6 Å². The lowest BCUT2D eigenvalue weighted by Gasteiger charge is -2.16. The summed E-state index contributed by atoms with van der Waals surface area (Å²) in [6.07, 6.45) is -6.55. The Morgan fingerprint density at radius 3 is 2.19 bits per heavy atom. The van der Waals surface area contributed by atoms with Gasteiger partial charge in [-0.15, -0.1) is 0 Å². The van der Waals surface area contributed by atoms with E-state index in [2.05, 4.69) is 30.6 Å². The molecule has 4 rings (SSSR count). The standard InChI is InChI=1S/C20H16F6N6/c1-18(6-7-18)32-16-10-15(28-11-5-8-27-14(9-11)20(24,25)26)30-17(31-16)12-3-2-4-13(29-12)19(21,22)23/h2-5,8-10H,6-7H2,1H3,(H2,27,28,30,31,32). The van der Waals surface area contributed by atoms with Crippen LogP contribution >= 0.6 is 0 Å². The molecule has 0 aromatic carbocycles. The molecule has 0 bridgehead atoms. The molecular weight excluding hydrogens is 438 g/mol. The SMILES string of the molecule is CC1(Nc2cc(Nc3ccnc(C(F)(F)F)c3)nc(-c3cccc(C(F)(F)F)n3)n2)CC1. The number of alkyl halides is 6. The van der Waals surface area contributed by atoms with E-state index in [0.29, 0.717) is 5.82 Å². The van der Waals surface area contributed by atoms with E-state index in [-0.39, 0.29) is 28.6 Å². The highest BCUT2D eigenvalue weighted by Crippen LogP contribution is 2.38. The highest BCUT2D eigenvalue weighted by atomic mass is 19.4. The first kappa shape index (κ1) is 21.8. The van der Waals surface area contributed by atoms with E-state index < -0.39 is 23.7 Å². The lowest BCUT2D eigenvalue weighted by atomic mass is 10.2. The number of nitrogens with one attached hydrogen (secondary N) is 2. The molecular formula is C20H16F6N6. The highest BCUT2D eigenvalue weighted by Gasteiger charge is 2.38. The second-order valence-electron chi connectivity index (χ2n) is 7.61. The molecule has 1 fully saturated rings. The van der Waals surface area contributed by atoms with Crippen LogP contribution in [0.5, 0.6) is 0 Å². The van der Waals surface area contributed by atoms with Crippen LogP contribution in [-0.2, 0) is 12.4 Å². The average Bonchev–Trinajstić information content (AvgIpc) is 3.43. The van der Waals surface area contributed by atoms with Gasteiger partial charge in [-0.05, 0) is 44.0 Å². The zero-order valence-electron chi connectivity index (χ0n) is 16.5. The zero-order valence-corrected chi connectivity index (χ0v) is 16.5. The first-order valence-corrected chi connectivity index (χ1v) is 9.44. The summed E-state index contributed by atoms with van der Waals surface area (Å²) in [7, 11) is 0. The van der Waals surface area contributed by atoms with Crippen LogP contribution < -0.4 is 10.6 Å². The average molecular weight is 454 g/mol. The number of aromatic nitrogens is 4. The van der Waals surface area contributed by atoms with Crippen LogP contribution in [0.15, 0.2) is 42.6 Å². The van der Waals surface area contributed by atoms with Gasteiger partial charge < -0.3 is 10.6 Å². The lowest BCUT2D eigenvalue weighted by Crippen LogP contribution is -2.17. The van der Waals surface area contributed by atoms with Crippen molar-refractivity contribution in [3.63, 3.8) is 0 Å². The molecule has 1 saturated carbocycles. The molecule has 1 aliphatic rings. The molecule has 0 atom stereocenters. The number of pyridine rings is 2. The summed E-state index contributed by atoms with van der Waals surface area (Å²) in [5.41, 5.74) is -2.50. The Morgan fingerprint density at radius 2 is 1.53 bits per heavy atom. The minimum atomic E-state index is -4.65. The van der Waals surface area contributed by atoms with E-state index in [4.69, 9.17) is 0 Å². The third-order valence-corrected chi connectivity index (χ3v) is 4.75. The molecule has 6 nitrogen and oxygen atoms in total. The fourth-order valence-electron chi connectivity index (χ4n) is 2.84. The van der Waals surface area contributed by atoms with Gasteiger partial charge in [0.15, 0.2) is 5.82 Å². The summed E-state index contributed by atoms with van der Waals surface area (Å²) in [6.45, 7) is 1.95. The molecule has 0 amide bonds. The van der Waals surface area contributed by atoms with E-state index in [1.165, 1.54) is 24.3 Å². The molecule has 3 aromatic rings. The fraction of sp³-hybridized carbons (Fsp3) is 0.300. The Bertz CT molecular complexity index is 1140. The van der Waals surface area contributed by atoms with Crippen LogP contribution in [-0.4, -0.2) is 25.5 Å². The molecule has 12 heteroatoms. The monoisotopic (exact) mass is 454 g/mol. The maximum atomic E-state index is 13.1. The smallest absolute Gasteiger partial charge is 0.365 e. The van der Waals surface area contributed by atoms with Gasteiger partial charge in [0, 0.05) is 23.5 Å². The minimum absolute atomic E-state index is 0.0533. The third kappa shape index (κ3) is 5.06. The summed E-state index contributed by atoms with van der Waals surface area (Å²) in [6, 6.07) is 6.92. The molecule has 0 spiro atoms. The number of hydrogen-bond acceptors (Lipinski definition) is 6. The first-order chi connectivity index (χ1) is 14.9. The predicted octanol–water partition coefficient (Wildman–Crippen LogP) is 5.68. The molecule has 3 heterocycles. The van der Waals surface area contributed by atoms with Crippen LogP contribution in [0.4, 0.5) is 43.7 Å². The van der Waals surface area contributed by atoms with E-state index >= 15 is 0 Å². The number of nitrogens with zero attached hydrogens (tertiary/aromatic N) is 4. The van der Waals surface area contributed by atoms with Crippen molar-refractivity contribution in [3.8, 4) is 11.5 Å². The largest absolute Gasteiger partial charge is 0.433 e. The van der Waals surface area contributed by atoms with Crippen LogP contribution in [0.3, 0.4) is 0 Å². The Labute approximate surface area is 178 Å². The minimum Gasteiger partial charge on any atom is -0.365 e. The molecule has 32 heavy (non-hydrogen) atoms. The van der Waals surface area contributed by atoms with Crippen LogP contribution in [0, 0.1) is 0 Å². The van der Waals surface area contributed by atoms with Gasteiger partial charge in [0.25, 0.3) is 0 Å². The van der Waals surface area contributed by atoms with Crippen molar-refractivity contribution in [3.05, 3.63) is 54.0 Å². The number of rotatable bonds is 5. The quantitative estimate of drug-likeness (QED) is 0.483. The fourth-order valence-corrected chi connectivity index (χ4v) is 2.84. The van der Waals surface area contributed by atoms with Crippen molar-refractivity contribution in [2.45, 2.75) is 37.7 Å². The first-order valence-electron chi connectivity index (χ1n) is 9.44. The molecule has 3 aromatic heterocycles. The van der Waals surface area contributed by atoms with Crippen LogP contribution in [0.1, 0.15) is 31.2 Å². The van der Waals surface area contributed by atoms with Gasteiger partial charge in [0.05, 0.1) is 0 Å². The van der Waals surface area contributed by atoms with Crippen LogP contribution in [0.2, 0.25) is 0 Å². The summed E-state index contributed by atoms with van der Waals surface area (Å²) in [5, 5.41) is 5.91. The number of anilines is 3. The molecule has 0 aliphatic heterocycles. The predicted molar refractivity (Wildman–Crippen MR) is 104 cm³/mol. The second-order valence-corrected chi connectivity index (χ2v) is 7.61. The molecule has 1 aliphatic carbocycles. The Hall–Kier alpha value is -3.44. The van der Waals surface area contributed by atoms with Gasteiger partial charge >= 0.3 is 12.4 Å². The van der Waals surface area contributed by atoms with Gasteiger partial charge in [-0.25, -0.2) is 15.0 Å². The highest BCUT2D eigenvalue weighted by molar-refractivity contribution is 5.64. The number of halogens is 6. The van der Waals surface area contributed by atoms with E-state index in [1.807, 2.05) is 6.92 Å². The lowest BCUT2D eigenvalue weighted by molar-refractivity contribution is -0.141. The molecule has 0 radical (unpaired) electrons. The second kappa shape index (κ2) is 7.61. The summed E-state index contributed by atoms with van der Waals surface area (Å²) >= 11 is 0. The normalized spacial score (nSPS) is 15.3. The third-order valence-electron chi connectivity index (χ3n) is 4.75. The van der Waals surface area contributed by atoms with Crippen LogP contribution in [0.25, 0.3) is 11.5 Å². The van der Waals surface area contributed by atoms with Crippen molar-refractivity contribution < 1.29 is 26.3 Å². The van der Waals surface area contributed by atoms with Crippen molar-refractivity contribution >= 4 is 17.3 Å². The molecule has 168 valence electrons. The Balaban J connectivity index is 1.72. The molecule has 2 N–H and O–H groups in total. The maximum absolute atomic E-state index is 13.1. The van der Waals surface area contributed by atoms with Gasteiger partial charge in [-0.2, -0.15) is 26.3 Å². The zero-order chi connectivity index (χ0) is 23.1. The van der Waals surface area contributed by atoms with E-state index in [9.17, 15) is 26.3 Å². The summed E-state index contributed by atoms with van der Waals surface area (Å²) in [5.74, 6) is 0.278. The van der Waals surface area contributed by atoms with E-state index in [0.717, 1.165) is 31.2 Å². The molecule has 0 unspecified atom stereocenters. The van der Waals surface area contributed by atoms with E-state index in [1.54, 1.807) is 0 Å². The van der Waals surface area contributed by atoms with Crippen molar-refractivity contribution in [2.24, 2.45) is 0 Å².